The molecule has 0 heterocycles. The second kappa shape index (κ2) is 6.17. The van der Waals surface area contributed by atoms with Crippen LogP contribution in [0.4, 0.5) is 5.69 Å². The summed E-state index contributed by atoms with van der Waals surface area (Å²) in [6.45, 7) is 3.36. The third kappa shape index (κ3) is 3.45. The smallest absolute Gasteiger partial charge is 0.262 e. The second-order valence-electron chi connectivity index (χ2n) is 4.79. The molecule has 2 rings (SSSR count). The Morgan fingerprint density at radius 2 is 1.71 bits per heavy atom. The third-order valence-electron chi connectivity index (χ3n) is 3.17. The summed E-state index contributed by atoms with van der Waals surface area (Å²) in [5.74, 6) is 0. The zero-order valence-corrected chi connectivity index (χ0v) is 14.1. The van der Waals surface area contributed by atoms with E-state index in [9.17, 15) is 13.5 Å². The highest BCUT2D eigenvalue weighted by Gasteiger charge is 2.19. The van der Waals surface area contributed by atoms with Gasteiger partial charge in [0.15, 0.2) is 0 Å². The van der Waals surface area contributed by atoms with Gasteiger partial charge in [-0.3, -0.25) is 4.72 Å². The molecule has 0 aliphatic heterocycles. The number of rotatable bonds is 4. The number of nitrogens with one attached hydrogen (secondary N) is 1. The molecule has 0 amide bonds. The highest BCUT2D eigenvalue weighted by Crippen LogP contribution is 2.28. The summed E-state index contributed by atoms with van der Waals surface area (Å²) < 4.78 is 28.6. The van der Waals surface area contributed by atoms with Crippen LogP contribution in [0.5, 0.6) is 0 Å². The average Bonchev–Trinajstić information content (AvgIpc) is 2.43. The SMILES string of the molecule is Cc1cc(Br)cc(C)c1NS(=O)(=O)c1ccccc1CO. The van der Waals surface area contributed by atoms with E-state index in [0.29, 0.717) is 11.3 Å². The molecular formula is C15H16BrNO3S. The number of sulfonamides is 1. The van der Waals surface area contributed by atoms with E-state index in [4.69, 9.17) is 0 Å². The lowest BCUT2D eigenvalue weighted by atomic mass is 10.1. The van der Waals surface area contributed by atoms with E-state index in [-0.39, 0.29) is 11.5 Å². The first-order valence-corrected chi connectivity index (χ1v) is 8.61. The Morgan fingerprint density at radius 1 is 1.14 bits per heavy atom. The standard InChI is InChI=1S/C15H16BrNO3S/c1-10-7-13(16)8-11(2)15(10)17-21(19,20)14-6-4-3-5-12(14)9-18/h3-8,17-18H,9H2,1-2H3. The van der Waals surface area contributed by atoms with Crippen molar-refractivity contribution in [1.29, 1.82) is 0 Å². The van der Waals surface area contributed by atoms with Crippen molar-refractivity contribution in [1.82, 2.24) is 0 Å². The monoisotopic (exact) mass is 369 g/mol. The van der Waals surface area contributed by atoms with Gasteiger partial charge in [-0.1, -0.05) is 34.1 Å². The van der Waals surface area contributed by atoms with Crippen LogP contribution in [0.2, 0.25) is 0 Å². The largest absolute Gasteiger partial charge is 0.392 e. The van der Waals surface area contributed by atoms with Gasteiger partial charge in [0, 0.05) is 4.47 Å². The van der Waals surface area contributed by atoms with Gasteiger partial charge in [-0.2, -0.15) is 0 Å². The van der Waals surface area contributed by atoms with Crippen LogP contribution in [0.1, 0.15) is 16.7 Å². The molecular weight excluding hydrogens is 354 g/mol. The highest BCUT2D eigenvalue weighted by molar-refractivity contribution is 9.10. The van der Waals surface area contributed by atoms with E-state index in [1.54, 1.807) is 18.2 Å². The molecule has 0 aromatic heterocycles. The molecule has 4 nitrogen and oxygen atoms in total. The van der Waals surface area contributed by atoms with Crippen LogP contribution in [-0.2, 0) is 16.6 Å². The van der Waals surface area contributed by atoms with Crippen molar-refractivity contribution >= 4 is 31.6 Å². The van der Waals surface area contributed by atoms with E-state index >= 15 is 0 Å². The van der Waals surface area contributed by atoms with Crippen molar-refractivity contribution in [2.24, 2.45) is 0 Å². The van der Waals surface area contributed by atoms with E-state index in [0.717, 1.165) is 15.6 Å². The summed E-state index contributed by atoms with van der Waals surface area (Å²) in [5.41, 5.74) is 2.59. The van der Waals surface area contributed by atoms with E-state index in [1.807, 2.05) is 26.0 Å². The Bertz CT molecular complexity index is 749. The Balaban J connectivity index is 2.48. The first-order valence-electron chi connectivity index (χ1n) is 6.33. The summed E-state index contributed by atoms with van der Waals surface area (Å²) in [6.07, 6.45) is 0. The fraction of sp³-hybridized carbons (Fsp3) is 0.200. The minimum absolute atomic E-state index is 0.0919. The Morgan fingerprint density at radius 3 is 2.29 bits per heavy atom. The lowest BCUT2D eigenvalue weighted by Gasteiger charge is -2.15. The number of benzene rings is 2. The molecule has 2 N–H and O–H groups in total. The molecule has 0 radical (unpaired) electrons. The van der Waals surface area contributed by atoms with Crippen molar-refractivity contribution in [3.05, 3.63) is 57.6 Å². The van der Waals surface area contributed by atoms with Crippen LogP contribution in [-0.4, -0.2) is 13.5 Å². The minimum Gasteiger partial charge on any atom is -0.392 e. The number of anilines is 1. The number of hydrogen-bond acceptors (Lipinski definition) is 3. The molecule has 0 saturated carbocycles. The molecule has 2 aromatic carbocycles. The Labute approximate surface area is 133 Å². The van der Waals surface area contributed by atoms with Crippen LogP contribution >= 0.6 is 15.9 Å². The van der Waals surface area contributed by atoms with Gasteiger partial charge in [0.2, 0.25) is 0 Å². The molecule has 0 fully saturated rings. The predicted octanol–water partition coefficient (Wildman–Crippen LogP) is 3.36. The fourth-order valence-electron chi connectivity index (χ4n) is 2.16. The second-order valence-corrected chi connectivity index (χ2v) is 7.35. The molecule has 21 heavy (non-hydrogen) atoms. The van der Waals surface area contributed by atoms with Crippen molar-refractivity contribution in [3.63, 3.8) is 0 Å². The Hall–Kier alpha value is -1.37. The van der Waals surface area contributed by atoms with Crippen LogP contribution in [0.15, 0.2) is 45.8 Å². The molecule has 0 aliphatic rings. The van der Waals surface area contributed by atoms with Gasteiger partial charge < -0.3 is 5.11 Å². The maximum absolute atomic E-state index is 12.5. The molecule has 0 aliphatic carbocycles. The molecule has 6 heteroatoms. The molecule has 0 bridgehead atoms. The normalized spacial score (nSPS) is 11.4. The van der Waals surface area contributed by atoms with Crippen molar-refractivity contribution in [2.75, 3.05) is 4.72 Å². The summed E-state index contributed by atoms with van der Waals surface area (Å²) in [5, 5.41) is 9.30. The highest BCUT2D eigenvalue weighted by atomic mass is 79.9. The quantitative estimate of drug-likeness (QED) is 0.867. The predicted molar refractivity (Wildman–Crippen MR) is 86.8 cm³/mol. The number of aryl methyl sites for hydroxylation is 2. The third-order valence-corrected chi connectivity index (χ3v) is 5.07. The van der Waals surface area contributed by atoms with Crippen LogP contribution in [0.3, 0.4) is 0 Å². The van der Waals surface area contributed by atoms with Crippen LogP contribution in [0, 0.1) is 13.8 Å². The first-order chi connectivity index (χ1) is 9.85. The Kier molecular flexibility index (Phi) is 4.70. The fourth-order valence-corrected chi connectivity index (χ4v) is 4.28. The lowest BCUT2D eigenvalue weighted by Crippen LogP contribution is -2.16. The summed E-state index contributed by atoms with van der Waals surface area (Å²) in [4.78, 5) is 0.0919. The van der Waals surface area contributed by atoms with Crippen LogP contribution in [0.25, 0.3) is 0 Å². The van der Waals surface area contributed by atoms with Gasteiger partial charge in [-0.25, -0.2) is 8.42 Å². The van der Waals surface area contributed by atoms with E-state index < -0.39 is 10.0 Å². The van der Waals surface area contributed by atoms with Crippen LogP contribution < -0.4 is 4.72 Å². The number of aliphatic hydroxyl groups is 1. The van der Waals surface area contributed by atoms with Gasteiger partial charge >= 0.3 is 0 Å². The van der Waals surface area contributed by atoms with Gasteiger partial charge in [0.25, 0.3) is 10.0 Å². The zero-order chi connectivity index (χ0) is 15.6. The van der Waals surface area contributed by atoms with Gasteiger partial charge in [-0.15, -0.1) is 0 Å². The summed E-state index contributed by atoms with van der Waals surface area (Å²) in [6, 6.07) is 10.1. The average molecular weight is 370 g/mol. The molecule has 0 atom stereocenters. The maximum Gasteiger partial charge on any atom is 0.262 e. The number of halogens is 1. The molecule has 0 saturated heterocycles. The topological polar surface area (TPSA) is 66.4 Å². The lowest BCUT2D eigenvalue weighted by molar-refractivity contribution is 0.278. The number of aliphatic hydroxyl groups excluding tert-OH is 1. The first kappa shape index (κ1) is 16.0. The van der Waals surface area contributed by atoms with Gasteiger partial charge in [-0.05, 0) is 48.7 Å². The molecule has 112 valence electrons. The summed E-state index contributed by atoms with van der Waals surface area (Å²) >= 11 is 3.38. The molecule has 0 spiro atoms. The van der Waals surface area contributed by atoms with Crippen molar-refractivity contribution < 1.29 is 13.5 Å². The maximum atomic E-state index is 12.5. The van der Waals surface area contributed by atoms with Crippen molar-refractivity contribution in [3.8, 4) is 0 Å². The minimum atomic E-state index is -3.74. The van der Waals surface area contributed by atoms with Crippen molar-refractivity contribution in [2.45, 2.75) is 25.3 Å². The molecule has 0 unspecified atom stereocenters. The van der Waals surface area contributed by atoms with Gasteiger partial charge in [0.1, 0.15) is 0 Å². The zero-order valence-electron chi connectivity index (χ0n) is 11.7. The summed E-state index contributed by atoms with van der Waals surface area (Å²) in [7, 11) is -3.74. The van der Waals surface area contributed by atoms with E-state index in [2.05, 4.69) is 20.7 Å². The van der Waals surface area contributed by atoms with Gasteiger partial charge in [0.05, 0.1) is 17.2 Å². The van der Waals surface area contributed by atoms with E-state index in [1.165, 1.54) is 6.07 Å². The number of hydrogen-bond donors (Lipinski definition) is 2. The molecule has 2 aromatic rings.